The summed E-state index contributed by atoms with van der Waals surface area (Å²) in [5.74, 6) is -0.895. The lowest BCUT2D eigenvalue weighted by atomic mass is 10.0. The highest BCUT2D eigenvalue weighted by Crippen LogP contribution is 2.36. The Kier molecular flexibility index (Phi) is 4.56. The van der Waals surface area contributed by atoms with E-state index in [2.05, 4.69) is 34.2 Å². The summed E-state index contributed by atoms with van der Waals surface area (Å²) < 4.78 is 2.19. The maximum Gasteiger partial charge on any atom is 0.249 e. The number of rotatable bonds is 5. The number of thiophene rings is 1. The second-order valence-electron chi connectivity index (χ2n) is 7.42. The smallest absolute Gasteiger partial charge is 0.249 e. The molecule has 0 saturated heterocycles. The van der Waals surface area contributed by atoms with Crippen LogP contribution in [0.2, 0.25) is 0 Å². The Morgan fingerprint density at radius 2 is 1.65 bits per heavy atom. The summed E-state index contributed by atoms with van der Waals surface area (Å²) in [6.07, 6.45) is 0. The fourth-order valence-electron chi connectivity index (χ4n) is 4.07. The molecular weight excluding hydrogens is 406 g/mol. The average Bonchev–Trinajstić information content (AvgIpc) is 3.41. The molecule has 5 aromatic rings. The summed E-state index contributed by atoms with van der Waals surface area (Å²) in [7, 11) is 0. The van der Waals surface area contributed by atoms with E-state index in [4.69, 9.17) is 11.5 Å². The first-order chi connectivity index (χ1) is 15.0. The molecule has 5 rings (SSSR count). The topological polar surface area (TPSA) is 91.1 Å². The molecule has 0 aliphatic heterocycles. The molecule has 0 atom stereocenters. The molecular formula is C25H19N3O2S. The molecule has 2 amide bonds. The van der Waals surface area contributed by atoms with Gasteiger partial charge in [-0.15, -0.1) is 11.3 Å². The van der Waals surface area contributed by atoms with Crippen LogP contribution in [0.25, 0.3) is 32.2 Å². The van der Waals surface area contributed by atoms with Gasteiger partial charge in [-0.2, -0.15) is 0 Å². The zero-order valence-electron chi connectivity index (χ0n) is 16.5. The summed E-state index contributed by atoms with van der Waals surface area (Å²) >= 11 is 1.69. The maximum atomic E-state index is 12.2. The molecule has 0 unspecified atom stereocenters. The summed E-state index contributed by atoms with van der Waals surface area (Å²) in [6.45, 7) is 0.579. The maximum absolute atomic E-state index is 12.2. The first kappa shape index (κ1) is 19.1. The van der Waals surface area contributed by atoms with Crippen LogP contribution in [0.4, 0.5) is 0 Å². The fraction of sp³-hybridized carbons (Fsp3) is 0.0400. The molecule has 0 aliphatic rings. The Hall–Kier alpha value is -3.90. The minimum atomic E-state index is -0.449. The van der Waals surface area contributed by atoms with Crippen molar-refractivity contribution >= 4 is 45.0 Å². The number of aromatic nitrogens is 1. The monoisotopic (exact) mass is 425 g/mol. The number of benzene rings is 3. The van der Waals surface area contributed by atoms with Crippen molar-refractivity contribution in [2.45, 2.75) is 6.54 Å². The van der Waals surface area contributed by atoms with Gasteiger partial charge in [0.25, 0.3) is 0 Å². The van der Waals surface area contributed by atoms with Crippen LogP contribution in [0.5, 0.6) is 0 Å². The standard InChI is InChI=1S/C25H19N3O2S/c26-24(29)16-8-6-15(7-9-16)14-28-20-4-1-3-19(25(27)30)23(20)18-11-10-17(13-21(18)28)22-5-2-12-31-22/h1-13H,14H2,(H2,26,29)(H2,27,30). The van der Waals surface area contributed by atoms with Gasteiger partial charge in [0.1, 0.15) is 0 Å². The Morgan fingerprint density at radius 3 is 2.32 bits per heavy atom. The zero-order valence-corrected chi connectivity index (χ0v) is 17.4. The number of hydrogen-bond acceptors (Lipinski definition) is 3. The number of nitrogens with two attached hydrogens (primary N) is 2. The summed E-state index contributed by atoms with van der Waals surface area (Å²) in [6, 6.07) is 23.3. The van der Waals surface area contributed by atoms with Crippen LogP contribution < -0.4 is 11.5 Å². The lowest BCUT2D eigenvalue weighted by Gasteiger charge is -2.09. The predicted octanol–water partition coefficient (Wildman–Crippen LogP) is 4.77. The van der Waals surface area contributed by atoms with Gasteiger partial charge in [0.05, 0.1) is 11.0 Å². The van der Waals surface area contributed by atoms with Crippen molar-refractivity contribution in [1.82, 2.24) is 4.57 Å². The average molecular weight is 426 g/mol. The van der Waals surface area contributed by atoms with Crippen LogP contribution in [-0.4, -0.2) is 16.4 Å². The largest absolute Gasteiger partial charge is 0.366 e. The molecule has 5 nitrogen and oxygen atoms in total. The highest BCUT2D eigenvalue weighted by molar-refractivity contribution is 7.13. The van der Waals surface area contributed by atoms with Gasteiger partial charge in [-0.05, 0) is 52.9 Å². The molecule has 31 heavy (non-hydrogen) atoms. The number of nitrogens with zero attached hydrogens (tertiary/aromatic N) is 1. The summed E-state index contributed by atoms with van der Waals surface area (Å²) in [5, 5.41) is 3.90. The summed E-state index contributed by atoms with van der Waals surface area (Å²) in [4.78, 5) is 24.7. The molecule has 6 heteroatoms. The summed E-state index contributed by atoms with van der Waals surface area (Å²) in [5.41, 5.74) is 16.2. The lowest BCUT2D eigenvalue weighted by molar-refractivity contribution is 0.0992. The lowest BCUT2D eigenvalue weighted by Crippen LogP contribution is -2.11. The molecule has 4 N–H and O–H groups in total. The number of carbonyl (C=O) groups is 2. The van der Waals surface area contributed by atoms with Gasteiger partial charge in [-0.1, -0.05) is 36.4 Å². The normalized spacial score (nSPS) is 11.2. The van der Waals surface area contributed by atoms with Crippen molar-refractivity contribution in [3.05, 3.63) is 94.9 Å². The van der Waals surface area contributed by atoms with Crippen LogP contribution in [-0.2, 0) is 6.54 Å². The third-order valence-corrected chi connectivity index (χ3v) is 6.46. The minimum absolute atomic E-state index is 0.446. The quantitative estimate of drug-likeness (QED) is 0.425. The van der Waals surface area contributed by atoms with E-state index >= 15 is 0 Å². The van der Waals surface area contributed by atoms with Gasteiger partial charge in [0.15, 0.2) is 0 Å². The SMILES string of the molecule is NC(=O)c1ccc(Cn2c3cc(-c4cccs4)ccc3c3c(C(N)=O)cccc32)cc1. The number of carbonyl (C=O) groups excluding carboxylic acids is 2. The van der Waals surface area contributed by atoms with Crippen molar-refractivity contribution in [1.29, 1.82) is 0 Å². The van der Waals surface area contributed by atoms with Crippen LogP contribution in [0.15, 0.2) is 78.2 Å². The van der Waals surface area contributed by atoms with Gasteiger partial charge in [0.2, 0.25) is 11.8 Å². The molecule has 0 saturated carbocycles. The molecule has 152 valence electrons. The van der Waals surface area contributed by atoms with Crippen molar-refractivity contribution in [2.75, 3.05) is 0 Å². The van der Waals surface area contributed by atoms with E-state index in [1.807, 2.05) is 30.3 Å². The van der Waals surface area contributed by atoms with E-state index in [0.29, 0.717) is 17.7 Å². The van der Waals surface area contributed by atoms with Gasteiger partial charge < -0.3 is 16.0 Å². The zero-order chi connectivity index (χ0) is 21.5. The van der Waals surface area contributed by atoms with Crippen molar-refractivity contribution in [3.8, 4) is 10.4 Å². The Balaban J connectivity index is 1.75. The van der Waals surface area contributed by atoms with Crippen LogP contribution >= 0.6 is 11.3 Å². The number of hydrogen-bond donors (Lipinski definition) is 2. The molecule has 0 bridgehead atoms. The molecule has 0 radical (unpaired) electrons. The first-order valence-corrected chi connectivity index (χ1v) is 10.7. The fourth-order valence-corrected chi connectivity index (χ4v) is 4.80. The number of amides is 2. The second-order valence-corrected chi connectivity index (χ2v) is 8.37. The van der Waals surface area contributed by atoms with Gasteiger partial charge in [0, 0.05) is 33.3 Å². The van der Waals surface area contributed by atoms with E-state index in [1.165, 1.54) is 4.88 Å². The molecule has 0 aliphatic carbocycles. The first-order valence-electron chi connectivity index (χ1n) is 9.80. The third-order valence-electron chi connectivity index (χ3n) is 5.54. The van der Waals surface area contributed by atoms with Crippen LogP contribution in [0, 0.1) is 0 Å². The molecule has 3 aromatic carbocycles. The third kappa shape index (κ3) is 3.27. The Morgan fingerprint density at radius 1 is 0.839 bits per heavy atom. The second kappa shape index (κ2) is 7.41. The molecule has 0 spiro atoms. The van der Waals surface area contributed by atoms with Gasteiger partial charge >= 0.3 is 0 Å². The van der Waals surface area contributed by atoms with E-state index in [9.17, 15) is 9.59 Å². The Labute approximate surface area is 182 Å². The van der Waals surface area contributed by atoms with Crippen molar-refractivity contribution in [3.63, 3.8) is 0 Å². The highest BCUT2D eigenvalue weighted by Gasteiger charge is 2.17. The van der Waals surface area contributed by atoms with E-state index in [0.717, 1.165) is 32.9 Å². The van der Waals surface area contributed by atoms with Crippen LogP contribution in [0.3, 0.4) is 0 Å². The molecule has 0 fully saturated rings. The molecule has 2 aromatic heterocycles. The number of fused-ring (bicyclic) bond motifs is 3. The van der Waals surface area contributed by atoms with E-state index in [-0.39, 0.29) is 0 Å². The highest BCUT2D eigenvalue weighted by atomic mass is 32.1. The van der Waals surface area contributed by atoms with Crippen LogP contribution in [0.1, 0.15) is 26.3 Å². The molecule has 2 heterocycles. The number of primary amides is 2. The Bertz CT molecular complexity index is 1450. The van der Waals surface area contributed by atoms with Crippen molar-refractivity contribution < 1.29 is 9.59 Å². The van der Waals surface area contributed by atoms with Gasteiger partial charge in [-0.3, -0.25) is 9.59 Å². The minimum Gasteiger partial charge on any atom is -0.366 e. The predicted molar refractivity (Wildman–Crippen MR) is 125 cm³/mol. The van der Waals surface area contributed by atoms with E-state index in [1.54, 1.807) is 29.5 Å². The van der Waals surface area contributed by atoms with Crippen molar-refractivity contribution in [2.24, 2.45) is 11.5 Å². The van der Waals surface area contributed by atoms with Gasteiger partial charge in [-0.25, -0.2) is 0 Å². The van der Waals surface area contributed by atoms with E-state index < -0.39 is 11.8 Å².